The summed E-state index contributed by atoms with van der Waals surface area (Å²) in [5.41, 5.74) is 0.829. The van der Waals surface area contributed by atoms with Crippen molar-refractivity contribution in [2.24, 2.45) is 0 Å². The molecule has 0 radical (unpaired) electrons. The number of methoxy groups -OCH3 is 2. The molecule has 0 unspecified atom stereocenters. The van der Waals surface area contributed by atoms with Crippen LogP contribution < -0.4 is 9.47 Å². The number of furan rings is 1. The van der Waals surface area contributed by atoms with Gasteiger partial charge in [-0.15, -0.1) is 0 Å². The second-order valence-corrected chi connectivity index (χ2v) is 3.39. The average Bonchev–Trinajstić information content (AvgIpc) is 2.86. The van der Waals surface area contributed by atoms with Crippen molar-refractivity contribution in [2.75, 3.05) is 14.2 Å². The van der Waals surface area contributed by atoms with Crippen LogP contribution in [0.2, 0.25) is 0 Å². The molecule has 2 aromatic rings. The number of benzene rings is 1. The van der Waals surface area contributed by atoms with Crippen molar-refractivity contribution >= 4 is 6.29 Å². The first-order chi connectivity index (χ1) is 8.28. The zero-order valence-corrected chi connectivity index (χ0v) is 9.60. The highest BCUT2D eigenvalue weighted by Gasteiger charge is 2.09. The van der Waals surface area contributed by atoms with E-state index in [1.165, 1.54) is 0 Å². The molecule has 0 aliphatic carbocycles. The topological polar surface area (TPSA) is 48.7 Å². The van der Waals surface area contributed by atoms with Crippen molar-refractivity contribution in [3.05, 3.63) is 36.1 Å². The Morgan fingerprint density at radius 2 is 1.82 bits per heavy atom. The molecule has 1 aromatic carbocycles. The summed E-state index contributed by atoms with van der Waals surface area (Å²) in [6.45, 7) is 0. The van der Waals surface area contributed by atoms with Gasteiger partial charge in [0.1, 0.15) is 5.76 Å². The summed E-state index contributed by atoms with van der Waals surface area (Å²) in [4.78, 5) is 10.5. The van der Waals surface area contributed by atoms with Crippen LogP contribution in [0.1, 0.15) is 10.6 Å². The van der Waals surface area contributed by atoms with Gasteiger partial charge in [-0.3, -0.25) is 4.79 Å². The highest BCUT2D eigenvalue weighted by molar-refractivity contribution is 5.73. The van der Waals surface area contributed by atoms with Crippen molar-refractivity contribution in [2.45, 2.75) is 0 Å². The molecule has 88 valence electrons. The summed E-state index contributed by atoms with van der Waals surface area (Å²) in [7, 11) is 3.15. The monoisotopic (exact) mass is 232 g/mol. The Morgan fingerprint density at radius 3 is 2.41 bits per heavy atom. The van der Waals surface area contributed by atoms with E-state index in [0.717, 1.165) is 5.56 Å². The van der Waals surface area contributed by atoms with E-state index in [4.69, 9.17) is 13.9 Å². The van der Waals surface area contributed by atoms with Crippen LogP contribution in [-0.2, 0) is 0 Å². The molecule has 1 aromatic heterocycles. The van der Waals surface area contributed by atoms with Gasteiger partial charge in [-0.05, 0) is 30.3 Å². The van der Waals surface area contributed by atoms with Crippen LogP contribution in [-0.4, -0.2) is 20.5 Å². The van der Waals surface area contributed by atoms with Gasteiger partial charge in [-0.1, -0.05) is 0 Å². The lowest BCUT2D eigenvalue weighted by atomic mass is 10.1. The smallest absolute Gasteiger partial charge is 0.185 e. The first-order valence-electron chi connectivity index (χ1n) is 5.06. The second-order valence-electron chi connectivity index (χ2n) is 3.39. The number of ether oxygens (including phenoxy) is 2. The maximum atomic E-state index is 10.5. The molecule has 0 saturated heterocycles. The highest BCUT2D eigenvalue weighted by atomic mass is 16.5. The zero-order valence-electron chi connectivity index (χ0n) is 9.60. The lowest BCUT2D eigenvalue weighted by Gasteiger charge is -2.08. The normalized spacial score (nSPS) is 10.0. The minimum absolute atomic E-state index is 0.301. The van der Waals surface area contributed by atoms with E-state index in [9.17, 15) is 4.79 Å². The molecule has 2 rings (SSSR count). The van der Waals surface area contributed by atoms with Gasteiger partial charge in [0.15, 0.2) is 23.5 Å². The summed E-state index contributed by atoms with van der Waals surface area (Å²) < 4.78 is 15.7. The Hall–Kier alpha value is -2.23. The molecule has 0 spiro atoms. The molecule has 0 saturated carbocycles. The number of carbonyl (C=O) groups excluding carboxylic acids is 1. The fourth-order valence-electron chi connectivity index (χ4n) is 1.56. The molecule has 0 aliphatic rings. The Morgan fingerprint density at radius 1 is 1.06 bits per heavy atom. The quantitative estimate of drug-likeness (QED) is 0.760. The molecule has 0 N–H and O–H groups in total. The predicted octanol–water partition coefficient (Wildman–Crippen LogP) is 2.78. The van der Waals surface area contributed by atoms with Crippen molar-refractivity contribution in [1.29, 1.82) is 0 Å². The molecule has 4 nitrogen and oxygen atoms in total. The molecule has 0 fully saturated rings. The van der Waals surface area contributed by atoms with E-state index in [0.29, 0.717) is 29.3 Å². The van der Waals surface area contributed by atoms with E-state index in [-0.39, 0.29) is 0 Å². The third kappa shape index (κ3) is 2.15. The fraction of sp³-hybridized carbons (Fsp3) is 0.154. The summed E-state index contributed by atoms with van der Waals surface area (Å²) in [6.07, 6.45) is 0.671. The van der Waals surface area contributed by atoms with E-state index >= 15 is 0 Å². The molecule has 4 heteroatoms. The number of rotatable bonds is 4. The van der Waals surface area contributed by atoms with Gasteiger partial charge in [-0.25, -0.2) is 0 Å². The zero-order chi connectivity index (χ0) is 12.3. The Labute approximate surface area is 98.8 Å². The molecule has 17 heavy (non-hydrogen) atoms. The van der Waals surface area contributed by atoms with Gasteiger partial charge in [0.2, 0.25) is 0 Å². The van der Waals surface area contributed by atoms with Crippen molar-refractivity contribution < 1.29 is 18.7 Å². The summed E-state index contributed by atoms with van der Waals surface area (Å²) in [5, 5.41) is 0. The summed E-state index contributed by atoms with van der Waals surface area (Å²) >= 11 is 0. The largest absolute Gasteiger partial charge is 0.493 e. The lowest BCUT2D eigenvalue weighted by Crippen LogP contribution is -1.90. The van der Waals surface area contributed by atoms with Gasteiger partial charge < -0.3 is 13.9 Å². The standard InChI is InChI=1S/C13H12O4/c1-15-12-5-3-9(7-13(12)16-2)11-6-4-10(8-14)17-11/h3-8H,1-2H3. The molecule has 0 amide bonds. The fourth-order valence-corrected chi connectivity index (χ4v) is 1.56. The van der Waals surface area contributed by atoms with Gasteiger partial charge in [0, 0.05) is 5.56 Å². The molecule has 1 heterocycles. The van der Waals surface area contributed by atoms with Gasteiger partial charge in [-0.2, -0.15) is 0 Å². The molecule has 0 bridgehead atoms. The third-order valence-electron chi connectivity index (χ3n) is 2.41. The molecule has 0 aliphatic heterocycles. The van der Waals surface area contributed by atoms with Crippen LogP contribution in [0.25, 0.3) is 11.3 Å². The molecular weight excluding hydrogens is 220 g/mol. The van der Waals surface area contributed by atoms with E-state index < -0.39 is 0 Å². The van der Waals surface area contributed by atoms with Gasteiger partial charge in [0.25, 0.3) is 0 Å². The van der Waals surface area contributed by atoms with Crippen LogP contribution in [0, 0.1) is 0 Å². The first kappa shape index (κ1) is 11.3. The minimum Gasteiger partial charge on any atom is -0.493 e. The van der Waals surface area contributed by atoms with Crippen molar-refractivity contribution in [3.63, 3.8) is 0 Å². The third-order valence-corrected chi connectivity index (χ3v) is 2.41. The van der Waals surface area contributed by atoms with Gasteiger partial charge >= 0.3 is 0 Å². The van der Waals surface area contributed by atoms with Crippen LogP contribution in [0.4, 0.5) is 0 Å². The second kappa shape index (κ2) is 4.74. The number of hydrogen-bond acceptors (Lipinski definition) is 4. The average molecular weight is 232 g/mol. The number of carbonyl (C=O) groups is 1. The molecule has 0 atom stereocenters. The van der Waals surface area contributed by atoms with E-state index in [1.807, 2.05) is 6.07 Å². The number of aldehydes is 1. The van der Waals surface area contributed by atoms with Crippen LogP contribution in [0.15, 0.2) is 34.7 Å². The molecular formula is C13H12O4. The first-order valence-corrected chi connectivity index (χ1v) is 5.06. The Kier molecular flexibility index (Phi) is 3.14. The van der Waals surface area contributed by atoms with E-state index in [2.05, 4.69) is 0 Å². The van der Waals surface area contributed by atoms with Gasteiger partial charge in [0.05, 0.1) is 14.2 Å². The van der Waals surface area contributed by atoms with Crippen LogP contribution >= 0.6 is 0 Å². The predicted molar refractivity (Wildman–Crippen MR) is 62.6 cm³/mol. The van der Waals surface area contributed by atoms with Crippen molar-refractivity contribution in [1.82, 2.24) is 0 Å². The number of hydrogen-bond donors (Lipinski definition) is 0. The highest BCUT2D eigenvalue weighted by Crippen LogP contribution is 2.32. The summed E-state index contributed by atoms with van der Waals surface area (Å²) in [5.74, 6) is 2.19. The van der Waals surface area contributed by atoms with Crippen LogP contribution in [0.5, 0.6) is 11.5 Å². The maximum Gasteiger partial charge on any atom is 0.185 e. The Balaban J connectivity index is 2.42. The van der Waals surface area contributed by atoms with Crippen molar-refractivity contribution in [3.8, 4) is 22.8 Å². The Bertz CT molecular complexity index is 528. The SMILES string of the molecule is COc1ccc(-c2ccc(C=O)o2)cc1OC. The van der Waals surface area contributed by atoms with Crippen LogP contribution in [0.3, 0.4) is 0 Å². The summed E-state index contributed by atoms with van der Waals surface area (Å²) in [6, 6.07) is 8.79. The lowest BCUT2D eigenvalue weighted by molar-refractivity contribution is 0.110. The van der Waals surface area contributed by atoms with E-state index in [1.54, 1.807) is 38.5 Å². The minimum atomic E-state index is 0.301. The maximum absolute atomic E-state index is 10.5.